The van der Waals surface area contributed by atoms with Crippen molar-refractivity contribution in [2.24, 2.45) is 5.92 Å². The minimum absolute atomic E-state index is 0.0628. The van der Waals surface area contributed by atoms with Gasteiger partial charge in [0.1, 0.15) is 0 Å². The number of carbonyl (C=O) groups excluding carboxylic acids is 1. The molecule has 166 valence electrons. The molecule has 0 bridgehead atoms. The summed E-state index contributed by atoms with van der Waals surface area (Å²) in [5.74, 6) is 0.0420. The number of anilines is 1. The standard InChI is InChI=1S/C26H30N4O2/c31-25-17-24(18-28-30(25)19-22-11-5-2-6-12-22)29-16-8-14-23(20-29)26(32)27-15-7-13-21-9-3-1-4-10-21/h1-6,9-12,17-18,23H,7-8,13-16,19-20H2,(H,27,32)/t23-/m0/s1. The van der Waals surface area contributed by atoms with Crippen molar-refractivity contribution in [1.82, 2.24) is 15.1 Å². The largest absolute Gasteiger partial charge is 0.369 e. The highest BCUT2D eigenvalue weighted by molar-refractivity contribution is 5.79. The molecule has 0 spiro atoms. The van der Waals surface area contributed by atoms with Crippen LogP contribution in [0.3, 0.4) is 0 Å². The van der Waals surface area contributed by atoms with E-state index in [0.29, 0.717) is 19.6 Å². The van der Waals surface area contributed by atoms with E-state index in [4.69, 9.17) is 0 Å². The van der Waals surface area contributed by atoms with Gasteiger partial charge in [-0.25, -0.2) is 4.68 Å². The first-order valence-electron chi connectivity index (χ1n) is 11.4. The lowest BCUT2D eigenvalue weighted by Crippen LogP contribution is -2.43. The number of hydrogen-bond acceptors (Lipinski definition) is 4. The van der Waals surface area contributed by atoms with Gasteiger partial charge < -0.3 is 10.2 Å². The Morgan fingerprint density at radius 3 is 2.47 bits per heavy atom. The van der Waals surface area contributed by atoms with Crippen molar-refractivity contribution in [3.8, 4) is 0 Å². The normalized spacial score (nSPS) is 16.0. The van der Waals surface area contributed by atoms with E-state index in [9.17, 15) is 9.59 Å². The zero-order valence-electron chi connectivity index (χ0n) is 18.3. The first kappa shape index (κ1) is 21.8. The summed E-state index contributed by atoms with van der Waals surface area (Å²) < 4.78 is 1.47. The third-order valence-electron chi connectivity index (χ3n) is 5.97. The zero-order valence-corrected chi connectivity index (χ0v) is 18.3. The number of hydrogen-bond donors (Lipinski definition) is 1. The van der Waals surface area contributed by atoms with Crippen LogP contribution in [0, 0.1) is 5.92 Å². The molecule has 1 atom stereocenters. The highest BCUT2D eigenvalue weighted by atomic mass is 16.2. The fraction of sp³-hybridized carbons (Fsp3) is 0.346. The first-order chi connectivity index (χ1) is 15.7. The third kappa shape index (κ3) is 5.84. The summed E-state index contributed by atoms with van der Waals surface area (Å²) in [6.45, 7) is 2.59. The van der Waals surface area contributed by atoms with Gasteiger partial charge in [0.15, 0.2) is 0 Å². The molecule has 1 N–H and O–H groups in total. The number of piperidine rings is 1. The molecular weight excluding hydrogens is 400 g/mol. The summed E-state index contributed by atoms with van der Waals surface area (Å²) in [4.78, 5) is 27.4. The van der Waals surface area contributed by atoms with E-state index in [2.05, 4.69) is 27.4 Å². The Hall–Kier alpha value is -3.41. The number of nitrogens with one attached hydrogen (secondary N) is 1. The molecule has 0 radical (unpaired) electrons. The van der Waals surface area contributed by atoms with Crippen molar-refractivity contribution in [3.63, 3.8) is 0 Å². The minimum Gasteiger partial charge on any atom is -0.369 e. The summed E-state index contributed by atoms with van der Waals surface area (Å²) in [5, 5.41) is 7.47. The Morgan fingerprint density at radius 2 is 1.75 bits per heavy atom. The molecule has 6 heteroatoms. The second-order valence-electron chi connectivity index (χ2n) is 8.36. The number of rotatable bonds is 8. The van der Waals surface area contributed by atoms with Gasteiger partial charge in [0, 0.05) is 25.7 Å². The van der Waals surface area contributed by atoms with Gasteiger partial charge in [-0.15, -0.1) is 0 Å². The fourth-order valence-electron chi connectivity index (χ4n) is 4.19. The number of amides is 1. The second-order valence-corrected chi connectivity index (χ2v) is 8.36. The fourth-order valence-corrected chi connectivity index (χ4v) is 4.19. The molecule has 1 aliphatic rings. The molecule has 1 amide bonds. The SMILES string of the molecule is O=C(NCCCc1ccccc1)[C@H]1CCCN(c2cnn(Cc3ccccc3)c(=O)c2)C1. The molecule has 2 heterocycles. The van der Waals surface area contributed by atoms with Gasteiger partial charge in [0.05, 0.1) is 24.3 Å². The predicted molar refractivity (Wildman–Crippen MR) is 127 cm³/mol. The van der Waals surface area contributed by atoms with Crippen LogP contribution in [0.1, 0.15) is 30.4 Å². The Labute approximate surface area is 188 Å². The predicted octanol–water partition coefficient (Wildman–Crippen LogP) is 3.26. The summed E-state index contributed by atoms with van der Waals surface area (Å²) >= 11 is 0. The molecule has 3 aromatic rings. The molecule has 1 aromatic heterocycles. The van der Waals surface area contributed by atoms with Gasteiger partial charge in [-0.05, 0) is 36.8 Å². The zero-order chi connectivity index (χ0) is 22.2. The van der Waals surface area contributed by atoms with Crippen LogP contribution in [-0.2, 0) is 17.8 Å². The molecule has 0 saturated carbocycles. The van der Waals surface area contributed by atoms with Gasteiger partial charge in [-0.3, -0.25) is 9.59 Å². The number of aromatic nitrogens is 2. The Bertz CT molecular complexity index is 1070. The van der Waals surface area contributed by atoms with Crippen LogP contribution < -0.4 is 15.8 Å². The molecule has 6 nitrogen and oxygen atoms in total. The van der Waals surface area contributed by atoms with Crippen molar-refractivity contribution in [2.75, 3.05) is 24.5 Å². The lowest BCUT2D eigenvalue weighted by Gasteiger charge is -2.33. The molecule has 0 aliphatic carbocycles. The quantitative estimate of drug-likeness (QED) is 0.557. The van der Waals surface area contributed by atoms with Crippen molar-refractivity contribution in [2.45, 2.75) is 32.2 Å². The first-order valence-corrected chi connectivity index (χ1v) is 11.4. The van der Waals surface area contributed by atoms with Crippen molar-refractivity contribution in [3.05, 3.63) is 94.4 Å². The molecule has 1 saturated heterocycles. The third-order valence-corrected chi connectivity index (χ3v) is 5.97. The van der Waals surface area contributed by atoms with Crippen LogP contribution in [0.25, 0.3) is 0 Å². The summed E-state index contributed by atoms with van der Waals surface area (Å²) in [6, 6.07) is 21.8. The van der Waals surface area contributed by atoms with Crippen molar-refractivity contribution >= 4 is 11.6 Å². The van der Waals surface area contributed by atoms with Crippen LogP contribution in [0.2, 0.25) is 0 Å². The average Bonchev–Trinajstić information content (AvgIpc) is 2.84. The molecule has 4 rings (SSSR count). The van der Waals surface area contributed by atoms with Crippen LogP contribution in [-0.4, -0.2) is 35.3 Å². The Kier molecular flexibility index (Phi) is 7.33. The molecule has 32 heavy (non-hydrogen) atoms. The number of aryl methyl sites for hydroxylation is 1. The number of nitrogens with zero attached hydrogens (tertiary/aromatic N) is 3. The maximum absolute atomic E-state index is 12.7. The average molecular weight is 431 g/mol. The van der Waals surface area contributed by atoms with Gasteiger partial charge >= 0.3 is 0 Å². The van der Waals surface area contributed by atoms with Gasteiger partial charge in [0.2, 0.25) is 5.91 Å². The van der Waals surface area contributed by atoms with E-state index in [-0.39, 0.29) is 17.4 Å². The van der Waals surface area contributed by atoms with Crippen LogP contribution >= 0.6 is 0 Å². The van der Waals surface area contributed by atoms with E-state index < -0.39 is 0 Å². The van der Waals surface area contributed by atoms with Crippen molar-refractivity contribution in [1.29, 1.82) is 0 Å². The highest BCUT2D eigenvalue weighted by Gasteiger charge is 2.26. The van der Waals surface area contributed by atoms with E-state index in [0.717, 1.165) is 43.5 Å². The van der Waals surface area contributed by atoms with E-state index in [1.807, 2.05) is 48.5 Å². The topological polar surface area (TPSA) is 67.2 Å². The Morgan fingerprint density at radius 1 is 1.03 bits per heavy atom. The van der Waals surface area contributed by atoms with E-state index in [1.165, 1.54) is 10.2 Å². The van der Waals surface area contributed by atoms with Gasteiger partial charge in [-0.2, -0.15) is 5.10 Å². The lowest BCUT2D eigenvalue weighted by molar-refractivity contribution is -0.125. The van der Waals surface area contributed by atoms with Crippen LogP contribution in [0.4, 0.5) is 5.69 Å². The smallest absolute Gasteiger partial charge is 0.269 e. The molecular formula is C26H30N4O2. The second kappa shape index (κ2) is 10.8. The van der Waals surface area contributed by atoms with Crippen LogP contribution in [0.5, 0.6) is 0 Å². The van der Waals surface area contributed by atoms with E-state index in [1.54, 1.807) is 12.3 Å². The van der Waals surface area contributed by atoms with Gasteiger partial charge in [0.25, 0.3) is 5.56 Å². The highest BCUT2D eigenvalue weighted by Crippen LogP contribution is 2.22. The maximum atomic E-state index is 12.7. The molecule has 1 fully saturated rings. The molecule has 2 aromatic carbocycles. The lowest BCUT2D eigenvalue weighted by atomic mass is 9.96. The molecule has 1 aliphatic heterocycles. The van der Waals surface area contributed by atoms with Gasteiger partial charge in [-0.1, -0.05) is 60.7 Å². The summed E-state index contributed by atoms with van der Waals surface area (Å²) in [5.41, 5.74) is 3.00. The number of benzene rings is 2. The molecule has 0 unspecified atom stereocenters. The van der Waals surface area contributed by atoms with Crippen LogP contribution in [0.15, 0.2) is 77.7 Å². The minimum atomic E-state index is -0.126. The summed E-state index contributed by atoms with van der Waals surface area (Å²) in [6.07, 6.45) is 5.43. The van der Waals surface area contributed by atoms with Crippen molar-refractivity contribution < 1.29 is 4.79 Å². The summed E-state index contributed by atoms with van der Waals surface area (Å²) in [7, 11) is 0. The van der Waals surface area contributed by atoms with E-state index >= 15 is 0 Å². The Balaban J connectivity index is 1.29. The maximum Gasteiger partial charge on any atom is 0.269 e. The monoisotopic (exact) mass is 430 g/mol. The number of carbonyl (C=O) groups is 1.